The van der Waals surface area contributed by atoms with Crippen LogP contribution in [-0.4, -0.2) is 28.2 Å². The smallest absolute Gasteiger partial charge is 0.412 e. The average Bonchev–Trinajstić information content (AvgIpc) is 2.22. The minimum absolute atomic E-state index is 0.142. The largest absolute Gasteiger partial charge is 0.456 e. The standard InChI is InChI=1S/C15H21BrN2O4/c1-14(2,3)21-12(19)10-9(7-8-17-11(10)16)18-13(20)22-15(4,5)6/h7-8H,1-6H3,(H,17,18,20). The highest BCUT2D eigenvalue weighted by molar-refractivity contribution is 9.10. The maximum absolute atomic E-state index is 12.3. The maximum Gasteiger partial charge on any atom is 0.412 e. The van der Waals surface area contributed by atoms with E-state index in [4.69, 9.17) is 9.47 Å². The average molecular weight is 373 g/mol. The lowest BCUT2D eigenvalue weighted by molar-refractivity contribution is 0.00692. The third-order valence-corrected chi connectivity index (χ3v) is 2.74. The molecule has 1 N–H and O–H groups in total. The fraction of sp³-hybridized carbons (Fsp3) is 0.533. The molecule has 1 heterocycles. The van der Waals surface area contributed by atoms with E-state index in [1.807, 2.05) is 0 Å². The Hall–Kier alpha value is -1.63. The first kappa shape index (κ1) is 18.4. The van der Waals surface area contributed by atoms with E-state index in [0.717, 1.165) is 0 Å². The Labute approximate surface area is 138 Å². The molecule has 0 saturated heterocycles. The predicted molar refractivity (Wildman–Crippen MR) is 87.0 cm³/mol. The molecule has 0 atom stereocenters. The van der Waals surface area contributed by atoms with Crippen LogP contribution in [0.15, 0.2) is 16.9 Å². The third kappa shape index (κ3) is 6.01. The lowest BCUT2D eigenvalue weighted by atomic mass is 10.2. The van der Waals surface area contributed by atoms with Crippen molar-refractivity contribution in [3.05, 3.63) is 22.4 Å². The highest BCUT2D eigenvalue weighted by atomic mass is 79.9. The molecule has 0 unspecified atom stereocenters. The number of hydrogen-bond donors (Lipinski definition) is 1. The highest BCUT2D eigenvalue weighted by Crippen LogP contribution is 2.26. The molecule has 0 aliphatic rings. The predicted octanol–water partition coefficient (Wildman–Crippen LogP) is 4.15. The fourth-order valence-corrected chi connectivity index (χ4v) is 1.97. The summed E-state index contributed by atoms with van der Waals surface area (Å²) in [7, 11) is 0. The van der Waals surface area contributed by atoms with Crippen molar-refractivity contribution in [2.75, 3.05) is 5.32 Å². The van der Waals surface area contributed by atoms with Crippen molar-refractivity contribution in [3.8, 4) is 0 Å². The second-order valence-corrected chi connectivity index (χ2v) is 7.40. The zero-order valence-electron chi connectivity index (χ0n) is 13.6. The first-order chi connectivity index (χ1) is 9.89. The van der Waals surface area contributed by atoms with E-state index >= 15 is 0 Å². The van der Waals surface area contributed by atoms with Gasteiger partial charge in [0.15, 0.2) is 0 Å². The summed E-state index contributed by atoms with van der Waals surface area (Å²) in [6.07, 6.45) is 0.806. The molecule has 0 bridgehead atoms. The quantitative estimate of drug-likeness (QED) is 0.623. The molecule has 0 saturated carbocycles. The molecular formula is C15H21BrN2O4. The number of rotatable bonds is 2. The summed E-state index contributed by atoms with van der Waals surface area (Å²) in [6.45, 7) is 10.5. The van der Waals surface area contributed by atoms with Crippen LogP contribution < -0.4 is 5.32 Å². The van der Waals surface area contributed by atoms with Crippen LogP contribution in [-0.2, 0) is 9.47 Å². The van der Waals surface area contributed by atoms with Gasteiger partial charge in [0.2, 0.25) is 0 Å². The second kappa shape index (κ2) is 6.64. The normalized spacial score (nSPS) is 11.8. The molecule has 0 aliphatic carbocycles. The summed E-state index contributed by atoms with van der Waals surface area (Å²) in [5.41, 5.74) is -0.885. The Balaban J connectivity index is 3.04. The molecule has 1 aromatic rings. The molecule has 0 aromatic carbocycles. The monoisotopic (exact) mass is 372 g/mol. The van der Waals surface area contributed by atoms with Gasteiger partial charge < -0.3 is 9.47 Å². The number of nitrogens with zero attached hydrogens (tertiary/aromatic N) is 1. The summed E-state index contributed by atoms with van der Waals surface area (Å²) in [6, 6.07) is 1.51. The molecule has 1 rings (SSSR count). The highest BCUT2D eigenvalue weighted by Gasteiger charge is 2.25. The molecule has 22 heavy (non-hydrogen) atoms. The topological polar surface area (TPSA) is 77.5 Å². The van der Waals surface area contributed by atoms with Crippen molar-refractivity contribution in [3.63, 3.8) is 0 Å². The lowest BCUT2D eigenvalue weighted by Crippen LogP contribution is -2.29. The van der Waals surface area contributed by atoms with Crippen LogP contribution in [0.4, 0.5) is 10.5 Å². The number of esters is 1. The van der Waals surface area contributed by atoms with Gasteiger partial charge in [-0.25, -0.2) is 14.6 Å². The van der Waals surface area contributed by atoms with Gasteiger partial charge in [-0.15, -0.1) is 0 Å². The number of pyridine rings is 1. The van der Waals surface area contributed by atoms with E-state index < -0.39 is 23.3 Å². The van der Waals surface area contributed by atoms with Crippen LogP contribution in [0, 0.1) is 0 Å². The van der Waals surface area contributed by atoms with Gasteiger partial charge in [0.05, 0.1) is 5.69 Å². The minimum atomic E-state index is -0.657. The van der Waals surface area contributed by atoms with Gasteiger partial charge in [0.1, 0.15) is 21.4 Å². The Morgan fingerprint density at radius 2 is 1.64 bits per heavy atom. The Kier molecular flexibility index (Phi) is 5.56. The van der Waals surface area contributed by atoms with Crippen LogP contribution in [0.3, 0.4) is 0 Å². The number of ether oxygens (including phenoxy) is 2. The molecule has 6 nitrogen and oxygen atoms in total. The fourth-order valence-electron chi connectivity index (χ4n) is 1.48. The summed E-state index contributed by atoms with van der Waals surface area (Å²) in [5.74, 6) is -0.585. The molecule has 0 radical (unpaired) electrons. The van der Waals surface area contributed by atoms with Crippen LogP contribution in [0.5, 0.6) is 0 Å². The summed E-state index contributed by atoms with van der Waals surface area (Å²) < 4.78 is 10.8. The summed E-state index contributed by atoms with van der Waals surface area (Å²) in [5, 5.41) is 2.54. The van der Waals surface area contributed by atoms with Gasteiger partial charge in [-0.3, -0.25) is 5.32 Å². The molecular weight excluding hydrogens is 352 g/mol. The second-order valence-electron chi connectivity index (χ2n) is 6.65. The van der Waals surface area contributed by atoms with E-state index in [0.29, 0.717) is 0 Å². The minimum Gasteiger partial charge on any atom is -0.456 e. The van der Waals surface area contributed by atoms with E-state index in [-0.39, 0.29) is 15.9 Å². The van der Waals surface area contributed by atoms with Crippen molar-refractivity contribution in [1.29, 1.82) is 0 Å². The van der Waals surface area contributed by atoms with Gasteiger partial charge in [0.25, 0.3) is 0 Å². The number of carbonyl (C=O) groups excluding carboxylic acids is 2. The molecule has 1 aromatic heterocycles. The van der Waals surface area contributed by atoms with Crippen molar-refractivity contribution < 1.29 is 19.1 Å². The van der Waals surface area contributed by atoms with Crippen molar-refractivity contribution in [1.82, 2.24) is 4.98 Å². The van der Waals surface area contributed by atoms with Crippen LogP contribution in [0.1, 0.15) is 51.9 Å². The van der Waals surface area contributed by atoms with Crippen LogP contribution in [0.2, 0.25) is 0 Å². The van der Waals surface area contributed by atoms with E-state index in [9.17, 15) is 9.59 Å². The summed E-state index contributed by atoms with van der Waals surface area (Å²) in [4.78, 5) is 28.2. The zero-order chi connectivity index (χ0) is 17.1. The number of amides is 1. The zero-order valence-corrected chi connectivity index (χ0v) is 15.2. The number of aromatic nitrogens is 1. The van der Waals surface area contributed by atoms with Gasteiger partial charge in [-0.2, -0.15) is 0 Å². The van der Waals surface area contributed by atoms with Crippen molar-refractivity contribution in [2.45, 2.75) is 52.7 Å². The molecule has 1 amide bonds. The van der Waals surface area contributed by atoms with Gasteiger partial charge in [0, 0.05) is 6.20 Å². The molecule has 0 aliphatic heterocycles. The SMILES string of the molecule is CC(C)(C)OC(=O)Nc1ccnc(Br)c1C(=O)OC(C)(C)C. The number of carbonyl (C=O) groups is 2. The van der Waals surface area contributed by atoms with Crippen molar-refractivity contribution >= 4 is 33.7 Å². The van der Waals surface area contributed by atoms with E-state index in [2.05, 4.69) is 26.2 Å². The van der Waals surface area contributed by atoms with Gasteiger partial charge in [-0.1, -0.05) is 0 Å². The van der Waals surface area contributed by atoms with Crippen molar-refractivity contribution in [2.24, 2.45) is 0 Å². The third-order valence-electron chi connectivity index (χ3n) is 2.14. The molecule has 0 spiro atoms. The first-order valence-electron chi connectivity index (χ1n) is 6.77. The van der Waals surface area contributed by atoms with E-state index in [1.165, 1.54) is 12.3 Å². The Morgan fingerprint density at radius 1 is 1.09 bits per heavy atom. The first-order valence-corrected chi connectivity index (χ1v) is 7.56. The Morgan fingerprint density at radius 3 is 2.14 bits per heavy atom. The number of anilines is 1. The maximum atomic E-state index is 12.3. The number of nitrogens with one attached hydrogen (secondary N) is 1. The van der Waals surface area contributed by atoms with E-state index in [1.54, 1.807) is 41.5 Å². The molecule has 7 heteroatoms. The number of halogens is 1. The molecule has 0 fully saturated rings. The van der Waals surface area contributed by atoms with Gasteiger partial charge >= 0.3 is 12.1 Å². The summed E-state index contributed by atoms with van der Waals surface area (Å²) >= 11 is 3.20. The van der Waals surface area contributed by atoms with Crippen LogP contribution >= 0.6 is 15.9 Å². The molecule has 122 valence electrons. The van der Waals surface area contributed by atoms with Gasteiger partial charge in [-0.05, 0) is 63.5 Å². The Bertz CT molecular complexity index is 574. The van der Waals surface area contributed by atoms with Crippen LogP contribution in [0.25, 0.3) is 0 Å². The number of hydrogen-bond acceptors (Lipinski definition) is 5. The lowest BCUT2D eigenvalue weighted by Gasteiger charge is -2.22.